The summed E-state index contributed by atoms with van der Waals surface area (Å²) in [5.74, 6) is -2.76. The number of carbonyl (C=O) groups excluding carboxylic acids is 3. The Morgan fingerprint density at radius 1 is 1.20 bits per heavy atom. The van der Waals surface area contributed by atoms with Crippen LogP contribution in [-0.2, 0) is 33.3 Å². The molecular weight excluding hydrogens is 516 g/mol. The quantitative estimate of drug-likeness (QED) is 0.163. The Morgan fingerprint density at radius 2 is 1.88 bits per heavy atom. The number of rotatable bonds is 11. The van der Waals surface area contributed by atoms with Crippen LogP contribution < -0.4 is 0 Å². The fourth-order valence-corrected chi connectivity index (χ4v) is 6.71. The first-order valence-electron chi connectivity index (χ1n) is 14.4. The van der Waals surface area contributed by atoms with Gasteiger partial charge in [0.2, 0.25) is 12.6 Å². The summed E-state index contributed by atoms with van der Waals surface area (Å²) in [7, 11) is 0. The number of allylic oxidation sites excluding steroid dienone is 2. The molecule has 0 radical (unpaired) electrons. The van der Waals surface area contributed by atoms with Crippen molar-refractivity contribution < 1.29 is 43.5 Å². The zero-order valence-electron chi connectivity index (χ0n) is 24.7. The molecule has 1 spiro atoms. The van der Waals surface area contributed by atoms with Gasteiger partial charge in [0.05, 0.1) is 23.5 Å². The molecule has 3 aliphatic rings. The monoisotopic (exact) mass is 562 g/mol. The van der Waals surface area contributed by atoms with Gasteiger partial charge in [0.15, 0.2) is 0 Å². The highest BCUT2D eigenvalue weighted by Crippen LogP contribution is 2.67. The van der Waals surface area contributed by atoms with Crippen LogP contribution in [0, 0.1) is 28.6 Å². The van der Waals surface area contributed by atoms with Crippen molar-refractivity contribution in [3.05, 3.63) is 36.5 Å². The first-order chi connectivity index (χ1) is 18.8. The van der Waals surface area contributed by atoms with Crippen molar-refractivity contribution in [3.63, 3.8) is 0 Å². The molecule has 1 saturated heterocycles. The van der Waals surface area contributed by atoms with Crippen molar-refractivity contribution in [2.75, 3.05) is 0 Å². The van der Waals surface area contributed by atoms with Gasteiger partial charge in [-0.3, -0.25) is 19.1 Å². The van der Waals surface area contributed by atoms with Crippen molar-refractivity contribution >= 4 is 17.9 Å². The number of ether oxygens (including phenoxy) is 4. The molecule has 0 bridgehead atoms. The third-order valence-electron chi connectivity index (χ3n) is 9.48. The minimum atomic E-state index is -1.45. The molecule has 2 N–H and O–H groups in total. The van der Waals surface area contributed by atoms with Gasteiger partial charge >= 0.3 is 17.9 Å². The summed E-state index contributed by atoms with van der Waals surface area (Å²) in [5.41, 5.74) is -0.957. The Morgan fingerprint density at radius 3 is 2.45 bits per heavy atom. The lowest BCUT2D eigenvalue weighted by Crippen LogP contribution is -2.68. The van der Waals surface area contributed by atoms with Crippen molar-refractivity contribution in [2.45, 2.75) is 111 Å². The molecule has 1 saturated carbocycles. The fraction of sp³-hybridized carbons (Fsp3) is 0.710. The normalized spacial score (nSPS) is 37.3. The molecule has 10 atom stereocenters. The van der Waals surface area contributed by atoms with E-state index in [2.05, 4.69) is 13.2 Å². The van der Waals surface area contributed by atoms with Crippen molar-refractivity contribution in [1.82, 2.24) is 0 Å². The summed E-state index contributed by atoms with van der Waals surface area (Å²) in [6, 6.07) is 0. The number of carbonyl (C=O) groups is 3. The average Bonchev–Trinajstić information content (AvgIpc) is 3.20. The van der Waals surface area contributed by atoms with Gasteiger partial charge in [-0.25, -0.2) is 0 Å². The smallest absolute Gasteiger partial charge is 0.309 e. The number of hydrogen-bond acceptors (Lipinski definition) is 9. The maximum Gasteiger partial charge on any atom is 0.309 e. The van der Waals surface area contributed by atoms with E-state index < -0.39 is 65.5 Å². The Bertz CT molecular complexity index is 1030. The Balaban J connectivity index is 2.23. The van der Waals surface area contributed by atoms with Gasteiger partial charge in [-0.15, -0.1) is 0 Å². The van der Waals surface area contributed by atoms with E-state index in [0.717, 1.165) is 5.57 Å². The summed E-state index contributed by atoms with van der Waals surface area (Å²) in [4.78, 5) is 37.8. The van der Waals surface area contributed by atoms with Gasteiger partial charge in [-0.1, -0.05) is 59.4 Å². The van der Waals surface area contributed by atoms with Crippen LogP contribution in [0.25, 0.3) is 0 Å². The lowest BCUT2D eigenvalue weighted by molar-refractivity contribution is -0.274. The lowest BCUT2D eigenvalue weighted by Gasteiger charge is -2.62. The predicted molar refractivity (Wildman–Crippen MR) is 147 cm³/mol. The molecule has 2 aliphatic carbocycles. The zero-order chi connectivity index (χ0) is 30.0. The second-order valence-electron chi connectivity index (χ2n) is 11.9. The highest BCUT2D eigenvalue weighted by atomic mass is 16.8. The van der Waals surface area contributed by atoms with Crippen LogP contribution >= 0.6 is 0 Å². The van der Waals surface area contributed by atoms with E-state index in [1.165, 1.54) is 6.92 Å². The third-order valence-corrected chi connectivity index (χ3v) is 9.48. The largest absolute Gasteiger partial charge is 0.458 e. The van der Waals surface area contributed by atoms with E-state index in [4.69, 9.17) is 18.9 Å². The summed E-state index contributed by atoms with van der Waals surface area (Å²) in [6.07, 6.45) is 0.0646. The molecule has 1 heterocycles. The van der Waals surface area contributed by atoms with Gasteiger partial charge in [0, 0.05) is 18.9 Å². The molecule has 40 heavy (non-hydrogen) atoms. The number of aliphatic hydroxyl groups excluding tert-OH is 2. The molecule has 0 aromatic carbocycles. The molecule has 0 unspecified atom stereocenters. The van der Waals surface area contributed by atoms with E-state index in [1.807, 2.05) is 27.7 Å². The molecule has 0 aromatic heterocycles. The van der Waals surface area contributed by atoms with Gasteiger partial charge in [-0.2, -0.15) is 0 Å². The van der Waals surface area contributed by atoms with Crippen molar-refractivity contribution in [2.24, 2.45) is 28.6 Å². The molecular formula is C31H46O9. The third kappa shape index (κ3) is 5.65. The van der Waals surface area contributed by atoms with E-state index in [1.54, 1.807) is 19.1 Å². The summed E-state index contributed by atoms with van der Waals surface area (Å²) in [5, 5.41) is 23.3. The maximum absolute atomic E-state index is 12.9. The lowest BCUT2D eigenvalue weighted by atomic mass is 9.44. The number of hydrogen-bond donors (Lipinski definition) is 2. The maximum atomic E-state index is 12.9. The average molecular weight is 563 g/mol. The summed E-state index contributed by atoms with van der Waals surface area (Å²) >= 11 is 0. The van der Waals surface area contributed by atoms with Crippen molar-refractivity contribution in [3.8, 4) is 0 Å². The van der Waals surface area contributed by atoms with E-state index in [0.29, 0.717) is 31.3 Å². The van der Waals surface area contributed by atoms with Gasteiger partial charge in [0.1, 0.15) is 6.10 Å². The minimum Gasteiger partial charge on any atom is -0.458 e. The van der Waals surface area contributed by atoms with Crippen LogP contribution in [0.5, 0.6) is 0 Å². The Kier molecular flexibility index (Phi) is 10.1. The molecule has 0 amide bonds. The molecule has 224 valence electrons. The first kappa shape index (κ1) is 32.0. The van der Waals surface area contributed by atoms with Crippen LogP contribution in [0.3, 0.4) is 0 Å². The van der Waals surface area contributed by atoms with E-state index in [-0.39, 0.29) is 24.7 Å². The summed E-state index contributed by atoms with van der Waals surface area (Å²) < 4.78 is 23.5. The van der Waals surface area contributed by atoms with Crippen LogP contribution in [0.4, 0.5) is 0 Å². The molecule has 1 aliphatic heterocycles. The predicted octanol–water partition coefficient (Wildman–Crippen LogP) is 4.37. The summed E-state index contributed by atoms with van der Waals surface area (Å²) in [6.45, 7) is 18.5. The molecule has 2 fully saturated rings. The number of esters is 3. The Hall–Kier alpha value is -2.49. The second-order valence-corrected chi connectivity index (χ2v) is 11.9. The van der Waals surface area contributed by atoms with Crippen LogP contribution in [0.15, 0.2) is 36.5 Å². The van der Waals surface area contributed by atoms with Crippen LogP contribution in [0.1, 0.15) is 80.1 Å². The molecule has 3 rings (SSSR count). The highest BCUT2D eigenvalue weighted by Gasteiger charge is 2.73. The first-order valence-corrected chi connectivity index (χ1v) is 14.4. The zero-order valence-corrected chi connectivity index (χ0v) is 24.7. The van der Waals surface area contributed by atoms with Crippen LogP contribution in [-0.4, -0.2) is 59.0 Å². The Labute approximate surface area is 237 Å². The minimum absolute atomic E-state index is 0.137. The van der Waals surface area contributed by atoms with Gasteiger partial charge < -0.3 is 24.4 Å². The van der Waals surface area contributed by atoms with E-state index in [9.17, 15) is 24.6 Å². The molecule has 9 nitrogen and oxygen atoms in total. The topological polar surface area (TPSA) is 129 Å². The SMILES string of the molecule is C=CC(=C)CC[C@]1(C)[C@H]2C[C@@H](OC(=O)[C@@H](C)CC)C=C3[C@H](OC(=O)CCC)O[C@H](OC(C)=O)[C@@]32[C@H](O)[C@H](O)[C@@H]1C. The molecule has 0 aromatic rings. The second kappa shape index (κ2) is 12.6. The van der Waals surface area contributed by atoms with E-state index >= 15 is 0 Å². The number of aliphatic hydroxyl groups is 2. The fourth-order valence-electron chi connectivity index (χ4n) is 6.71. The van der Waals surface area contributed by atoms with Crippen LogP contribution in [0.2, 0.25) is 0 Å². The van der Waals surface area contributed by atoms with Crippen molar-refractivity contribution in [1.29, 1.82) is 0 Å². The molecule has 9 heteroatoms. The van der Waals surface area contributed by atoms with Gasteiger partial charge in [0.25, 0.3) is 0 Å². The standard InChI is InChI=1S/C31H46O9/c1-9-12-24(33)39-28-22-15-21(38-27(36)18(5)11-3)16-23-30(8,14-13-17(4)10-2)19(6)25(34)26(35)31(22,23)29(40-28)37-20(7)32/h10,15,18-19,21,23,25-26,28-29,34-35H,2,4,9,11-14,16H2,1,3,5-8H3/t18-,19-,21-,23+,25+,26+,28+,29-,30-,31-/m0/s1. The van der Waals surface area contributed by atoms with Gasteiger partial charge in [-0.05, 0) is 55.4 Å². The highest BCUT2D eigenvalue weighted by molar-refractivity contribution is 5.72.